The number of carbonyl (C=O) groups excluding carboxylic acids is 1. The Morgan fingerprint density at radius 2 is 2.32 bits per heavy atom. The van der Waals surface area contributed by atoms with Crippen LogP contribution >= 0.6 is 0 Å². The molecule has 0 aliphatic carbocycles. The number of fused-ring (bicyclic) bond motifs is 1. The molecule has 0 unspecified atom stereocenters. The SMILES string of the molecule is COc1cccc2c1OC[C@H](C(=O)N(C)CCCc1nccn1C)C2. The van der Waals surface area contributed by atoms with Gasteiger partial charge in [0.25, 0.3) is 0 Å². The van der Waals surface area contributed by atoms with Crippen molar-refractivity contribution in [1.29, 1.82) is 0 Å². The Morgan fingerprint density at radius 3 is 3.04 bits per heavy atom. The van der Waals surface area contributed by atoms with Gasteiger partial charge in [0.1, 0.15) is 12.4 Å². The molecule has 3 rings (SSSR count). The standard InChI is InChI=1S/C19H25N3O3/c1-21-11-9-20-17(21)8-5-10-22(2)19(23)15-12-14-6-4-7-16(24-3)18(14)25-13-15/h4,6-7,9,11,15H,5,8,10,12-13H2,1-3H3/t15-/m1/s1. The quantitative estimate of drug-likeness (QED) is 0.806. The number of nitrogens with zero attached hydrogens (tertiary/aromatic N) is 3. The molecule has 0 bridgehead atoms. The number of rotatable bonds is 6. The van der Waals surface area contributed by atoms with Crippen LogP contribution in [0.25, 0.3) is 0 Å². The van der Waals surface area contributed by atoms with E-state index in [1.165, 1.54) is 0 Å². The summed E-state index contributed by atoms with van der Waals surface area (Å²) in [6.07, 6.45) is 6.19. The van der Waals surface area contributed by atoms with Gasteiger partial charge in [-0.2, -0.15) is 0 Å². The number of imidazole rings is 1. The van der Waals surface area contributed by atoms with Crippen molar-refractivity contribution < 1.29 is 14.3 Å². The molecular weight excluding hydrogens is 318 g/mol. The third kappa shape index (κ3) is 3.78. The maximum Gasteiger partial charge on any atom is 0.229 e. The van der Waals surface area contributed by atoms with Gasteiger partial charge in [0, 0.05) is 39.5 Å². The summed E-state index contributed by atoms with van der Waals surface area (Å²) in [4.78, 5) is 18.8. The summed E-state index contributed by atoms with van der Waals surface area (Å²) in [7, 11) is 5.48. The second kappa shape index (κ2) is 7.59. The third-order valence-corrected chi connectivity index (χ3v) is 4.72. The van der Waals surface area contributed by atoms with Gasteiger partial charge in [-0.05, 0) is 24.5 Å². The number of para-hydroxylation sites is 1. The Bertz CT molecular complexity index is 741. The van der Waals surface area contributed by atoms with Crippen LogP contribution in [-0.2, 0) is 24.7 Å². The first kappa shape index (κ1) is 17.3. The topological polar surface area (TPSA) is 56.6 Å². The maximum absolute atomic E-state index is 12.7. The van der Waals surface area contributed by atoms with E-state index >= 15 is 0 Å². The van der Waals surface area contributed by atoms with Crippen LogP contribution < -0.4 is 9.47 Å². The van der Waals surface area contributed by atoms with Gasteiger partial charge in [0.2, 0.25) is 5.91 Å². The van der Waals surface area contributed by atoms with E-state index in [0.717, 1.165) is 35.7 Å². The van der Waals surface area contributed by atoms with Crippen LogP contribution in [0, 0.1) is 5.92 Å². The molecule has 1 atom stereocenters. The van der Waals surface area contributed by atoms with Gasteiger partial charge >= 0.3 is 0 Å². The van der Waals surface area contributed by atoms with Crippen LogP contribution in [0.4, 0.5) is 0 Å². The fourth-order valence-electron chi connectivity index (χ4n) is 3.25. The summed E-state index contributed by atoms with van der Waals surface area (Å²) in [6, 6.07) is 5.81. The van der Waals surface area contributed by atoms with Crippen LogP contribution in [0.5, 0.6) is 11.5 Å². The van der Waals surface area contributed by atoms with E-state index in [0.29, 0.717) is 19.6 Å². The molecule has 1 aliphatic heterocycles. The Morgan fingerprint density at radius 1 is 1.48 bits per heavy atom. The average molecular weight is 343 g/mol. The van der Waals surface area contributed by atoms with Gasteiger partial charge in [-0.25, -0.2) is 4.98 Å². The van der Waals surface area contributed by atoms with Crippen molar-refractivity contribution >= 4 is 5.91 Å². The molecule has 1 aromatic heterocycles. The Balaban J connectivity index is 1.55. The summed E-state index contributed by atoms with van der Waals surface area (Å²) in [5.74, 6) is 2.53. The van der Waals surface area contributed by atoms with Gasteiger partial charge in [-0.3, -0.25) is 4.79 Å². The molecule has 0 fully saturated rings. The van der Waals surface area contributed by atoms with Crippen LogP contribution in [0.1, 0.15) is 17.8 Å². The molecule has 0 saturated carbocycles. The van der Waals surface area contributed by atoms with Crippen molar-refractivity contribution in [3.8, 4) is 11.5 Å². The second-order valence-electron chi connectivity index (χ2n) is 6.48. The second-order valence-corrected chi connectivity index (χ2v) is 6.48. The number of benzene rings is 1. The highest BCUT2D eigenvalue weighted by molar-refractivity contribution is 5.79. The van der Waals surface area contributed by atoms with E-state index in [9.17, 15) is 4.79 Å². The molecule has 6 heteroatoms. The molecule has 1 aromatic carbocycles. The molecule has 0 saturated heterocycles. The predicted octanol–water partition coefficient (Wildman–Crippen LogP) is 2.07. The molecule has 0 radical (unpaired) electrons. The highest BCUT2D eigenvalue weighted by atomic mass is 16.5. The Hall–Kier alpha value is -2.50. The highest BCUT2D eigenvalue weighted by Crippen LogP contribution is 2.36. The van der Waals surface area contributed by atoms with E-state index < -0.39 is 0 Å². The van der Waals surface area contributed by atoms with Gasteiger partial charge < -0.3 is 18.9 Å². The number of methoxy groups -OCH3 is 1. The van der Waals surface area contributed by atoms with Crippen LogP contribution in [-0.4, -0.2) is 47.7 Å². The third-order valence-electron chi connectivity index (χ3n) is 4.72. The fourth-order valence-corrected chi connectivity index (χ4v) is 3.25. The molecule has 1 aliphatic rings. The zero-order valence-corrected chi connectivity index (χ0v) is 15.1. The van der Waals surface area contributed by atoms with Crippen molar-refractivity contribution in [2.75, 3.05) is 27.3 Å². The fraction of sp³-hybridized carbons (Fsp3) is 0.474. The molecule has 6 nitrogen and oxygen atoms in total. The molecule has 0 spiro atoms. The number of hydrogen-bond acceptors (Lipinski definition) is 4. The van der Waals surface area contributed by atoms with Crippen molar-refractivity contribution in [2.24, 2.45) is 13.0 Å². The molecule has 2 aromatic rings. The van der Waals surface area contributed by atoms with E-state index in [-0.39, 0.29) is 11.8 Å². The lowest BCUT2D eigenvalue weighted by atomic mass is 9.95. The Kier molecular flexibility index (Phi) is 5.26. The minimum Gasteiger partial charge on any atom is -0.493 e. The predicted molar refractivity (Wildman–Crippen MR) is 94.8 cm³/mol. The number of aryl methyl sites for hydroxylation is 2. The summed E-state index contributed by atoms with van der Waals surface area (Å²) in [5, 5.41) is 0. The van der Waals surface area contributed by atoms with E-state index in [1.807, 2.05) is 48.0 Å². The van der Waals surface area contributed by atoms with Gasteiger partial charge in [-0.15, -0.1) is 0 Å². The summed E-state index contributed by atoms with van der Waals surface area (Å²) in [6.45, 7) is 1.11. The summed E-state index contributed by atoms with van der Waals surface area (Å²) < 4.78 is 13.2. The van der Waals surface area contributed by atoms with E-state index in [1.54, 1.807) is 13.3 Å². The van der Waals surface area contributed by atoms with Gasteiger partial charge in [0.05, 0.1) is 13.0 Å². The minimum absolute atomic E-state index is 0.133. The Labute approximate surface area is 148 Å². The largest absolute Gasteiger partial charge is 0.493 e. The monoisotopic (exact) mass is 343 g/mol. The minimum atomic E-state index is -0.141. The summed E-state index contributed by atoms with van der Waals surface area (Å²) in [5.41, 5.74) is 1.03. The van der Waals surface area contributed by atoms with Gasteiger partial charge in [0.15, 0.2) is 11.5 Å². The highest BCUT2D eigenvalue weighted by Gasteiger charge is 2.29. The normalized spacial score (nSPS) is 16.0. The summed E-state index contributed by atoms with van der Waals surface area (Å²) >= 11 is 0. The molecular formula is C19H25N3O3. The van der Waals surface area contributed by atoms with E-state index in [4.69, 9.17) is 9.47 Å². The zero-order valence-electron chi connectivity index (χ0n) is 15.1. The smallest absolute Gasteiger partial charge is 0.229 e. The van der Waals surface area contributed by atoms with Crippen LogP contribution in [0.15, 0.2) is 30.6 Å². The van der Waals surface area contributed by atoms with Crippen molar-refractivity contribution in [1.82, 2.24) is 14.5 Å². The first-order valence-electron chi connectivity index (χ1n) is 8.60. The van der Waals surface area contributed by atoms with Crippen LogP contribution in [0.2, 0.25) is 0 Å². The van der Waals surface area contributed by atoms with Crippen molar-refractivity contribution in [3.05, 3.63) is 42.0 Å². The molecule has 25 heavy (non-hydrogen) atoms. The number of carbonyl (C=O) groups is 1. The average Bonchev–Trinajstić information content (AvgIpc) is 3.04. The van der Waals surface area contributed by atoms with E-state index in [2.05, 4.69) is 4.98 Å². The van der Waals surface area contributed by atoms with Gasteiger partial charge in [-0.1, -0.05) is 12.1 Å². The molecule has 0 N–H and O–H groups in total. The molecule has 134 valence electrons. The number of hydrogen-bond donors (Lipinski definition) is 0. The number of aromatic nitrogens is 2. The first-order chi connectivity index (χ1) is 12.1. The number of ether oxygens (including phenoxy) is 2. The molecule has 2 heterocycles. The van der Waals surface area contributed by atoms with Crippen molar-refractivity contribution in [3.63, 3.8) is 0 Å². The first-order valence-corrected chi connectivity index (χ1v) is 8.60. The lowest BCUT2D eigenvalue weighted by molar-refractivity contribution is -0.135. The van der Waals surface area contributed by atoms with Crippen LogP contribution in [0.3, 0.4) is 0 Å². The lowest BCUT2D eigenvalue weighted by Crippen LogP contribution is -2.39. The number of amides is 1. The zero-order chi connectivity index (χ0) is 17.8. The molecule has 1 amide bonds. The maximum atomic E-state index is 12.7. The lowest BCUT2D eigenvalue weighted by Gasteiger charge is -2.29. The van der Waals surface area contributed by atoms with Crippen molar-refractivity contribution in [2.45, 2.75) is 19.3 Å².